The summed E-state index contributed by atoms with van der Waals surface area (Å²) < 4.78 is 4.84. The molecule has 0 aliphatic rings. The smallest absolute Gasteiger partial charge is 0.264 e. The standard InChI is InChI=1S/C11H13N2S3/c1-13(2)10-6-11(16-15-10)14-8-9-4-3-5-12-7-9/h3-7H,8H2,1-2H3/q+1. The zero-order valence-corrected chi connectivity index (χ0v) is 11.7. The van der Waals surface area contributed by atoms with E-state index < -0.39 is 0 Å². The summed E-state index contributed by atoms with van der Waals surface area (Å²) in [5.41, 5.74) is 1.28. The largest absolute Gasteiger partial charge is 0.267 e. The fourth-order valence-electron chi connectivity index (χ4n) is 1.14. The molecular weight excluding hydrogens is 256 g/mol. The third kappa shape index (κ3) is 3.17. The lowest BCUT2D eigenvalue weighted by Gasteiger charge is -1.96. The number of pyridine rings is 1. The van der Waals surface area contributed by atoms with Crippen molar-refractivity contribution >= 4 is 32.4 Å². The highest BCUT2D eigenvalue weighted by Crippen LogP contribution is 2.26. The fraction of sp³-hybridized carbons (Fsp3) is 0.273. The van der Waals surface area contributed by atoms with Crippen LogP contribution in [0, 0.1) is 0 Å². The summed E-state index contributed by atoms with van der Waals surface area (Å²) in [6.45, 7) is 0. The lowest BCUT2D eigenvalue weighted by atomic mass is 10.3. The van der Waals surface area contributed by atoms with E-state index in [0.717, 1.165) is 5.75 Å². The predicted molar refractivity (Wildman–Crippen MR) is 73.1 cm³/mol. The first kappa shape index (κ1) is 11.8. The molecule has 2 heterocycles. The normalized spacial score (nSPS) is 10.4. The molecule has 0 saturated heterocycles. The van der Waals surface area contributed by atoms with Crippen molar-refractivity contribution in [2.45, 2.75) is 9.96 Å². The van der Waals surface area contributed by atoms with Crippen LogP contribution in [0.3, 0.4) is 0 Å². The van der Waals surface area contributed by atoms with Gasteiger partial charge >= 0.3 is 0 Å². The maximum Gasteiger partial charge on any atom is 0.267 e. The molecule has 0 N–H and O–H groups in total. The highest BCUT2D eigenvalue weighted by molar-refractivity contribution is 8.02. The van der Waals surface area contributed by atoms with E-state index in [1.54, 1.807) is 0 Å². The zero-order chi connectivity index (χ0) is 11.4. The molecule has 5 heteroatoms. The molecule has 0 aromatic carbocycles. The Kier molecular flexibility index (Phi) is 4.15. The van der Waals surface area contributed by atoms with Gasteiger partial charge in [-0.25, -0.2) is 4.58 Å². The van der Waals surface area contributed by atoms with Gasteiger partial charge in [-0.15, -0.1) is 11.8 Å². The van der Waals surface area contributed by atoms with Gasteiger partial charge < -0.3 is 0 Å². The van der Waals surface area contributed by atoms with Crippen LogP contribution >= 0.6 is 32.4 Å². The molecule has 0 aliphatic carbocycles. The molecule has 2 aromatic rings. The quantitative estimate of drug-likeness (QED) is 0.483. The second-order valence-corrected chi connectivity index (χ2v) is 6.98. The minimum absolute atomic E-state index is 0.994. The van der Waals surface area contributed by atoms with Gasteiger partial charge in [0.05, 0.1) is 4.21 Å². The second-order valence-electron chi connectivity index (χ2n) is 3.51. The minimum Gasteiger partial charge on any atom is -0.264 e. The Balaban J connectivity index is 2.03. The summed E-state index contributed by atoms with van der Waals surface area (Å²) in [5, 5.41) is 0. The molecule has 0 amide bonds. The molecule has 0 atom stereocenters. The lowest BCUT2D eigenvalue weighted by molar-refractivity contribution is 0.829. The van der Waals surface area contributed by atoms with Crippen LogP contribution in [-0.4, -0.2) is 19.1 Å². The van der Waals surface area contributed by atoms with Crippen molar-refractivity contribution in [2.24, 2.45) is 0 Å². The van der Waals surface area contributed by atoms with Crippen molar-refractivity contribution in [3.8, 4) is 0 Å². The lowest BCUT2D eigenvalue weighted by Crippen LogP contribution is -2.16. The molecule has 2 rings (SSSR count). The van der Waals surface area contributed by atoms with E-state index in [4.69, 9.17) is 0 Å². The van der Waals surface area contributed by atoms with Crippen molar-refractivity contribution in [3.63, 3.8) is 0 Å². The molecule has 0 bridgehead atoms. The van der Waals surface area contributed by atoms with E-state index in [2.05, 4.69) is 35.8 Å². The van der Waals surface area contributed by atoms with E-state index in [1.165, 1.54) is 14.4 Å². The van der Waals surface area contributed by atoms with Crippen LogP contribution in [0.1, 0.15) is 5.56 Å². The van der Waals surface area contributed by atoms with E-state index >= 15 is 0 Å². The molecule has 0 unspecified atom stereocenters. The average Bonchev–Trinajstić information content (AvgIpc) is 2.76. The van der Waals surface area contributed by atoms with E-state index in [1.807, 2.05) is 50.9 Å². The van der Waals surface area contributed by atoms with Crippen molar-refractivity contribution in [1.82, 2.24) is 9.56 Å². The summed E-state index contributed by atoms with van der Waals surface area (Å²) in [7, 11) is 7.82. The first-order chi connectivity index (χ1) is 7.75. The topological polar surface area (TPSA) is 15.9 Å². The maximum absolute atomic E-state index is 4.11. The van der Waals surface area contributed by atoms with E-state index in [-0.39, 0.29) is 0 Å². The molecule has 0 radical (unpaired) electrons. The number of nitrogens with zero attached hydrogens (tertiary/aromatic N) is 2. The summed E-state index contributed by atoms with van der Waals surface area (Å²) >= 11 is 1.87. The van der Waals surface area contributed by atoms with Crippen molar-refractivity contribution < 1.29 is 0 Å². The summed E-state index contributed by atoms with van der Waals surface area (Å²) in [5.74, 6) is 0.994. The number of thioether (sulfide) groups is 1. The van der Waals surface area contributed by atoms with Gasteiger partial charge in [-0.05, 0) is 22.0 Å². The maximum atomic E-state index is 4.11. The van der Waals surface area contributed by atoms with Crippen LogP contribution in [0.4, 0.5) is 0 Å². The van der Waals surface area contributed by atoms with Crippen molar-refractivity contribution in [1.29, 1.82) is 0 Å². The Labute approximate surface area is 107 Å². The molecule has 2 aromatic heterocycles. The van der Waals surface area contributed by atoms with Gasteiger partial charge in [0.15, 0.2) is 0 Å². The Morgan fingerprint density at radius 2 is 2.25 bits per heavy atom. The van der Waals surface area contributed by atoms with Gasteiger partial charge in [-0.1, -0.05) is 16.4 Å². The van der Waals surface area contributed by atoms with E-state index in [0.29, 0.717) is 0 Å². The molecule has 84 valence electrons. The van der Waals surface area contributed by atoms with E-state index in [9.17, 15) is 0 Å². The Bertz CT molecular complexity index is 509. The van der Waals surface area contributed by atoms with Gasteiger partial charge in [0.2, 0.25) is 0 Å². The molecule has 0 spiro atoms. The molecule has 2 nitrogen and oxygen atoms in total. The van der Waals surface area contributed by atoms with Crippen LogP contribution in [0.15, 0.2) is 34.8 Å². The van der Waals surface area contributed by atoms with Crippen LogP contribution in [0.25, 0.3) is 0 Å². The first-order valence-corrected chi connectivity index (χ1v) is 8.01. The SMILES string of the molecule is C[N+](C)=c1cc(SCc2cccnc2)ss1. The second kappa shape index (κ2) is 5.61. The number of hydrogen-bond donors (Lipinski definition) is 0. The number of hydrogen-bond acceptors (Lipinski definition) is 4. The predicted octanol–water partition coefficient (Wildman–Crippen LogP) is 2.53. The molecule has 0 fully saturated rings. The monoisotopic (exact) mass is 269 g/mol. The van der Waals surface area contributed by atoms with Gasteiger partial charge in [-0.2, -0.15) is 0 Å². The summed E-state index contributed by atoms with van der Waals surface area (Å²) in [6, 6.07) is 6.35. The highest BCUT2D eigenvalue weighted by atomic mass is 32.9. The van der Waals surface area contributed by atoms with Crippen molar-refractivity contribution in [2.75, 3.05) is 14.1 Å². The van der Waals surface area contributed by atoms with Crippen LogP contribution in [0.5, 0.6) is 0 Å². The Morgan fingerprint density at radius 1 is 1.38 bits per heavy atom. The van der Waals surface area contributed by atoms with Crippen LogP contribution < -0.4 is 9.25 Å². The van der Waals surface area contributed by atoms with Crippen molar-refractivity contribution in [3.05, 3.63) is 40.8 Å². The minimum atomic E-state index is 0.994. The third-order valence-corrected chi connectivity index (χ3v) is 6.12. The fourth-order valence-corrected chi connectivity index (χ4v) is 4.95. The van der Waals surface area contributed by atoms with Crippen LogP contribution in [0.2, 0.25) is 0 Å². The van der Waals surface area contributed by atoms with Gasteiger partial charge in [-0.3, -0.25) is 4.98 Å². The van der Waals surface area contributed by atoms with Crippen LogP contribution in [-0.2, 0) is 5.75 Å². The molecule has 16 heavy (non-hydrogen) atoms. The van der Waals surface area contributed by atoms with Gasteiger partial charge in [0, 0.05) is 24.2 Å². The van der Waals surface area contributed by atoms with Gasteiger partial charge in [0.25, 0.3) is 4.67 Å². The first-order valence-electron chi connectivity index (χ1n) is 4.88. The highest BCUT2D eigenvalue weighted by Gasteiger charge is 2.02. The average molecular weight is 269 g/mol. The van der Waals surface area contributed by atoms with Gasteiger partial charge in [0.1, 0.15) is 14.1 Å². The summed E-state index contributed by atoms with van der Waals surface area (Å²) in [6.07, 6.45) is 3.74. The summed E-state index contributed by atoms with van der Waals surface area (Å²) in [4.78, 5) is 4.11. The Morgan fingerprint density at radius 3 is 2.88 bits per heavy atom. The molecular formula is C11H13N2S3+. The number of rotatable bonds is 3. The number of aromatic nitrogens is 1. The zero-order valence-electron chi connectivity index (χ0n) is 9.21. The third-order valence-electron chi connectivity index (χ3n) is 2.00. The molecule has 0 aliphatic heterocycles. The molecule has 0 saturated carbocycles. The Hall–Kier alpha value is -0.650.